The van der Waals surface area contributed by atoms with Crippen LogP contribution < -0.4 is 10.6 Å². The fourth-order valence-electron chi connectivity index (χ4n) is 3.74. The molecule has 5 rings (SSSR count). The molecular formula is C23H20N4O. The SMILES string of the molecule is Cc1cccc(Nc2ccc3cccc(-c4cc5c([nH]4)CCNC5=O)c3n2)c1. The summed E-state index contributed by atoms with van der Waals surface area (Å²) in [5.41, 5.74) is 6.75. The van der Waals surface area contributed by atoms with E-state index in [1.165, 1.54) is 5.56 Å². The Morgan fingerprint density at radius 1 is 1.00 bits per heavy atom. The summed E-state index contributed by atoms with van der Waals surface area (Å²) in [4.78, 5) is 20.4. The van der Waals surface area contributed by atoms with Crippen molar-refractivity contribution in [3.05, 3.63) is 77.5 Å². The van der Waals surface area contributed by atoms with E-state index in [4.69, 9.17) is 4.98 Å². The van der Waals surface area contributed by atoms with Crippen molar-refractivity contribution in [1.82, 2.24) is 15.3 Å². The summed E-state index contributed by atoms with van der Waals surface area (Å²) in [6, 6.07) is 20.3. The Morgan fingerprint density at radius 3 is 2.75 bits per heavy atom. The van der Waals surface area contributed by atoms with Gasteiger partial charge in [0.2, 0.25) is 0 Å². The second-order valence-corrected chi connectivity index (χ2v) is 7.15. The van der Waals surface area contributed by atoms with Crippen molar-refractivity contribution in [2.24, 2.45) is 0 Å². The maximum atomic E-state index is 12.1. The van der Waals surface area contributed by atoms with Gasteiger partial charge in [-0.1, -0.05) is 30.3 Å². The zero-order valence-corrected chi connectivity index (χ0v) is 15.5. The van der Waals surface area contributed by atoms with E-state index in [0.717, 1.165) is 51.3 Å². The average molecular weight is 368 g/mol. The Hall–Kier alpha value is -3.60. The zero-order valence-electron chi connectivity index (χ0n) is 15.5. The number of hydrogen-bond acceptors (Lipinski definition) is 3. The predicted molar refractivity (Wildman–Crippen MR) is 112 cm³/mol. The van der Waals surface area contributed by atoms with Crippen LogP contribution in [0.15, 0.2) is 60.7 Å². The highest BCUT2D eigenvalue weighted by Gasteiger charge is 2.20. The molecule has 2 aromatic heterocycles. The Labute approximate surface area is 162 Å². The van der Waals surface area contributed by atoms with Gasteiger partial charge in [-0.3, -0.25) is 4.79 Å². The van der Waals surface area contributed by atoms with E-state index in [0.29, 0.717) is 6.54 Å². The summed E-state index contributed by atoms with van der Waals surface area (Å²) in [5.74, 6) is 0.776. The second kappa shape index (κ2) is 6.53. The first-order valence-corrected chi connectivity index (χ1v) is 9.41. The molecule has 1 amide bonds. The smallest absolute Gasteiger partial charge is 0.253 e. The van der Waals surface area contributed by atoms with Gasteiger partial charge in [0, 0.05) is 41.0 Å². The van der Waals surface area contributed by atoms with E-state index in [-0.39, 0.29) is 5.91 Å². The number of rotatable bonds is 3. The minimum absolute atomic E-state index is 0.0150. The third kappa shape index (κ3) is 2.91. The number of fused-ring (bicyclic) bond motifs is 2. The van der Waals surface area contributed by atoms with Gasteiger partial charge >= 0.3 is 0 Å². The quantitative estimate of drug-likeness (QED) is 0.496. The molecule has 0 aliphatic carbocycles. The molecule has 2 aromatic carbocycles. The van der Waals surface area contributed by atoms with Crippen molar-refractivity contribution in [2.75, 3.05) is 11.9 Å². The van der Waals surface area contributed by atoms with E-state index < -0.39 is 0 Å². The number of H-pyrrole nitrogens is 1. The first-order valence-electron chi connectivity index (χ1n) is 9.41. The second-order valence-electron chi connectivity index (χ2n) is 7.15. The topological polar surface area (TPSA) is 69.8 Å². The molecule has 28 heavy (non-hydrogen) atoms. The molecule has 3 heterocycles. The van der Waals surface area contributed by atoms with Crippen molar-refractivity contribution >= 4 is 28.3 Å². The summed E-state index contributed by atoms with van der Waals surface area (Å²) < 4.78 is 0. The summed E-state index contributed by atoms with van der Waals surface area (Å²) in [7, 11) is 0. The first-order chi connectivity index (χ1) is 13.7. The van der Waals surface area contributed by atoms with Gasteiger partial charge in [0.1, 0.15) is 5.82 Å². The maximum absolute atomic E-state index is 12.1. The van der Waals surface area contributed by atoms with Crippen molar-refractivity contribution < 1.29 is 4.79 Å². The number of nitrogens with one attached hydrogen (secondary N) is 3. The molecule has 3 N–H and O–H groups in total. The Balaban J connectivity index is 1.59. The molecule has 5 nitrogen and oxygen atoms in total. The summed E-state index contributed by atoms with van der Waals surface area (Å²) in [6.07, 6.45) is 0.819. The van der Waals surface area contributed by atoms with Crippen molar-refractivity contribution in [3.63, 3.8) is 0 Å². The van der Waals surface area contributed by atoms with Gasteiger partial charge in [-0.25, -0.2) is 4.98 Å². The number of hydrogen-bond donors (Lipinski definition) is 3. The highest BCUT2D eigenvalue weighted by atomic mass is 16.1. The molecule has 0 fully saturated rings. The highest BCUT2D eigenvalue weighted by Crippen LogP contribution is 2.30. The normalized spacial score (nSPS) is 13.2. The lowest BCUT2D eigenvalue weighted by molar-refractivity contribution is 0.0946. The first kappa shape index (κ1) is 16.6. The Bertz CT molecular complexity index is 1210. The molecule has 0 unspecified atom stereocenters. The third-order valence-corrected chi connectivity index (χ3v) is 5.11. The van der Waals surface area contributed by atoms with Crippen LogP contribution in [0, 0.1) is 6.92 Å². The molecule has 0 radical (unpaired) electrons. The average Bonchev–Trinajstić information content (AvgIpc) is 3.13. The fraction of sp³-hybridized carbons (Fsp3) is 0.130. The van der Waals surface area contributed by atoms with E-state index in [2.05, 4.69) is 46.8 Å². The van der Waals surface area contributed by atoms with Crippen LogP contribution >= 0.6 is 0 Å². The van der Waals surface area contributed by atoms with Crippen LogP contribution in [-0.2, 0) is 6.42 Å². The number of carbonyl (C=O) groups excluding carboxylic acids is 1. The molecule has 0 spiro atoms. The summed E-state index contributed by atoms with van der Waals surface area (Å²) in [6.45, 7) is 2.74. The van der Waals surface area contributed by atoms with Crippen molar-refractivity contribution in [1.29, 1.82) is 0 Å². The lowest BCUT2D eigenvalue weighted by Crippen LogP contribution is -2.31. The number of aromatic nitrogens is 2. The van der Waals surface area contributed by atoms with Gasteiger partial charge < -0.3 is 15.6 Å². The number of carbonyl (C=O) groups is 1. The number of anilines is 2. The van der Waals surface area contributed by atoms with Crippen LogP contribution in [0.25, 0.3) is 22.2 Å². The van der Waals surface area contributed by atoms with Crippen LogP contribution in [0.2, 0.25) is 0 Å². The molecule has 4 aromatic rings. The number of para-hydroxylation sites is 1. The number of nitrogens with zero attached hydrogens (tertiary/aromatic N) is 1. The van der Waals surface area contributed by atoms with Crippen LogP contribution in [0.3, 0.4) is 0 Å². The largest absolute Gasteiger partial charge is 0.358 e. The summed E-state index contributed by atoms with van der Waals surface area (Å²) >= 11 is 0. The van der Waals surface area contributed by atoms with E-state index in [1.807, 2.05) is 36.4 Å². The minimum atomic E-state index is -0.0150. The number of aromatic amines is 1. The number of amides is 1. The van der Waals surface area contributed by atoms with Gasteiger partial charge in [0.15, 0.2) is 0 Å². The van der Waals surface area contributed by atoms with Crippen LogP contribution in [0.1, 0.15) is 21.6 Å². The van der Waals surface area contributed by atoms with Gasteiger partial charge in [-0.15, -0.1) is 0 Å². The lowest BCUT2D eigenvalue weighted by atomic mass is 10.1. The van der Waals surface area contributed by atoms with Crippen molar-refractivity contribution in [2.45, 2.75) is 13.3 Å². The molecule has 0 saturated carbocycles. The molecule has 138 valence electrons. The van der Waals surface area contributed by atoms with Crippen LogP contribution in [-0.4, -0.2) is 22.4 Å². The third-order valence-electron chi connectivity index (χ3n) is 5.11. The molecule has 1 aliphatic heterocycles. The van der Waals surface area contributed by atoms with Gasteiger partial charge in [0.05, 0.1) is 11.1 Å². The van der Waals surface area contributed by atoms with E-state index in [9.17, 15) is 4.79 Å². The van der Waals surface area contributed by atoms with Gasteiger partial charge in [-0.2, -0.15) is 0 Å². The molecule has 1 aliphatic rings. The Morgan fingerprint density at radius 2 is 1.89 bits per heavy atom. The van der Waals surface area contributed by atoms with Crippen LogP contribution in [0.5, 0.6) is 0 Å². The minimum Gasteiger partial charge on any atom is -0.358 e. The number of benzene rings is 2. The van der Waals surface area contributed by atoms with Crippen LogP contribution in [0.4, 0.5) is 11.5 Å². The Kier molecular flexibility index (Phi) is 3.86. The molecule has 0 atom stereocenters. The number of pyridine rings is 1. The maximum Gasteiger partial charge on any atom is 0.253 e. The van der Waals surface area contributed by atoms with E-state index in [1.54, 1.807) is 0 Å². The standard InChI is InChI=1S/C23H20N4O/c1-14-4-2-6-16(12-14)25-21-9-8-15-5-3-7-17(22(15)27-21)20-13-18-19(26-20)10-11-24-23(18)28/h2-9,12-13,26H,10-11H2,1H3,(H,24,28)(H,25,27). The molecule has 0 saturated heterocycles. The van der Waals surface area contributed by atoms with E-state index >= 15 is 0 Å². The predicted octanol–water partition coefficient (Wildman–Crippen LogP) is 4.57. The zero-order chi connectivity index (χ0) is 19.1. The molecule has 5 heteroatoms. The lowest BCUT2D eigenvalue weighted by Gasteiger charge is -2.11. The van der Waals surface area contributed by atoms with Crippen molar-refractivity contribution in [3.8, 4) is 11.3 Å². The fourth-order valence-corrected chi connectivity index (χ4v) is 3.74. The van der Waals surface area contributed by atoms with Gasteiger partial charge in [0.25, 0.3) is 5.91 Å². The molecular weight excluding hydrogens is 348 g/mol. The monoisotopic (exact) mass is 368 g/mol. The highest BCUT2D eigenvalue weighted by molar-refractivity contribution is 6.00. The molecule has 0 bridgehead atoms. The number of aryl methyl sites for hydroxylation is 1. The summed E-state index contributed by atoms with van der Waals surface area (Å²) in [5, 5.41) is 7.34. The van der Waals surface area contributed by atoms with Gasteiger partial charge in [-0.05, 0) is 42.8 Å².